The second-order valence-corrected chi connectivity index (χ2v) is 9.70. The zero-order valence-corrected chi connectivity index (χ0v) is 22.2. The highest BCUT2D eigenvalue weighted by Gasteiger charge is 2.50. The number of likely N-dealkylation sites (N-methyl/N-ethyl adjacent to an activating group) is 1. The highest BCUT2D eigenvalue weighted by molar-refractivity contribution is 5.80. The number of ether oxygens (including phenoxy) is 4. The minimum atomic E-state index is -1.58. The van der Waals surface area contributed by atoms with E-state index in [0.717, 1.165) is 0 Å². The van der Waals surface area contributed by atoms with Crippen LogP contribution in [0.2, 0.25) is 0 Å². The third-order valence-corrected chi connectivity index (χ3v) is 6.77. The Kier molecular flexibility index (Phi) is 13.9. The van der Waals surface area contributed by atoms with E-state index in [0.29, 0.717) is 32.1 Å². The molecule has 0 spiro atoms. The maximum atomic E-state index is 11.7. The lowest BCUT2D eigenvalue weighted by atomic mass is 9.91. The summed E-state index contributed by atoms with van der Waals surface area (Å²) >= 11 is 0. The molecule has 6 unspecified atom stereocenters. The number of unbranched alkanes of at least 4 members (excludes halogenated alkanes) is 3. The lowest BCUT2D eigenvalue weighted by Crippen LogP contribution is -2.67. The van der Waals surface area contributed by atoms with Gasteiger partial charge in [0.2, 0.25) is 5.91 Å². The normalized spacial score (nSPS) is 34.8. The van der Waals surface area contributed by atoms with Crippen molar-refractivity contribution < 1.29 is 64.0 Å². The molecule has 2 rings (SSSR count). The second kappa shape index (κ2) is 16.3. The van der Waals surface area contributed by atoms with Gasteiger partial charge in [-0.3, -0.25) is 14.4 Å². The minimum absolute atomic E-state index is 0.153. The molecular weight excluding hydrogens is 524 g/mol. The monoisotopic (exact) mass is 566 g/mol. The van der Waals surface area contributed by atoms with Crippen LogP contribution in [-0.4, -0.2) is 136 Å². The van der Waals surface area contributed by atoms with Gasteiger partial charge in [0.25, 0.3) is 5.91 Å². The maximum Gasteiger partial charge on any atom is 0.306 e. The van der Waals surface area contributed by atoms with Gasteiger partial charge in [-0.2, -0.15) is 0 Å². The van der Waals surface area contributed by atoms with Gasteiger partial charge >= 0.3 is 5.97 Å². The molecule has 39 heavy (non-hydrogen) atoms. The van der Waals surface area contributed by atoms with Gasteiger partial charge in [0.15, 0.2) is 12.9 Å². The van der Waals surface area contributed by atoms with Crippen LogP contribution in [0.5, 0.6) is 0 Å². The smallest absolute Gasteiger partial charge is 0.306 e. The van der Waals surface area contributed by atoms with Crippen molar-refractivity contribution in [1.29, 1.82) is 0 Å². The molecule has 0 aromatic heterocycles. The zero-order chi connectivity index (χ0) is 29.1. The summed E-state index contributed by atoms with van der Waals surface area (Å²) in [7, 11) is 1.44. The number of amides is 2. The molecule has 0 aromatic rings. The Labute approximate surface area is 226 Å². The maximum absolute atomic E-state index is 11.7. The van der Waals surface area contributed by atoms with Crippen LogP contribution in [0.4, 0.5) is 0 Å². The quantitative estimate of drug-likeness (QED) is 0.0751. The largest absolute Gasteiger partial charge is 0.456 e. The van der Waals surface area contributed by atoms with Crippen molar-refractivity contribution in [2.75, 3.05) is 26.9 Å². The minimum Gasteiger partial charge on any atom is -0.456 e. The number of rotatable bonds is 14. The molecule has 15 heteroatoms. The van der Waals surface area contributed by atoms with Crippen molar-refractivity contribution in [3.05, 3.63) is 0 Å². The Hall–Kier alpha value is -1.95. The van der Waals surface area contributed by atoms with Gasteiger partial charge in [-0.15, -0.1) is 0 Å². The molecule has 0 radical (unpaired) electrons. The number of hydrogen-bond donors (Lipinski definition) is 8. The highest BCUT2D eigenvalue weighted by Crippen LogP contribution is 2.31. The average Bonchev–Trinajstić information content (AvgIpc) is 2.91. The van der Waals surface area contributed by atoms with Gasteiger partial charge in [0, 0.05) is 20.4 Å². The van der Waals surface area contributed by atoms with Gasteiger partial charge in [0.1, 0.15) is 48.8 Å². The van der Waals surface area contributed by atoms with Gasteiger partial charge in [-0.1, -0.05) is 19.3 Å². The van der Waals surface area contributed by atoms with E-state index >= 15 is 0 Å². The van der Waals surface area contributed by atoms with E-state index in [2.05, 4.69) is 10.6 Å². The molecule has 8 N–H and O–H groups in total. The molecule has 0 aliphatic carbocycles. The lowest BCUT2D eigenvalue weighted by Gasteiger charge is -2.47. The summed E-state index contributed by atoms with van der Waals surface area (Å²) in [5.74, 6) is -1.44. The molecular formula is C24H42N2O13. The van der Waals surface area contributed by atoms with E-state index in [-0.39, 0.29) is 13.0 Å². The van der Waals surface area contributed by atoms with Crippen molar-refractivity contribution in [1.82, 2.24) is 10.6 Å². The molecule has 2 heterocycles. The van der Waals surface area contributed by atoms with Gasteiger partial charge in [-0.25, -0.2) is 0 Å². The fourth-order valence-corrected chi connectivity index (χ4v) is 4.56. The number of aliphatic hydroxyl groups excluding tert-OH is 6. The first-order chi connectivity index (χ1) is 18.5. The lowest BCUT2D eigenvalue weighted by molar-refractivity contribution is -0.322. The van der Waals surface area contributed by atoms with E-state index < -0.39 is 92.2 Å². The van der Waals surface area contributed by atoms with E-state index in [1.165, 1.54) is 14.0 Å². The Morgan fingerprint density at radius 2 is 1.44 bits per heavy atom. The summed E-state index contributed by atoms with van der Waals surface area (Å²) < 4.78 is 21.9. The molecule has 2 amide bonds. The Balaban J connectivity index is 1.94. The number of nitrogens with one attached hydrogen (secondary N) is 2. The van der Waals surface area contributed by atoms with Crippen molar-refractivity contribution in [2.24, 2.45) is 0 Å². The molecule has 0 saturated carbocycles. The van der Waals surface area contributed by atoms with Crippen LogP contribution in [-0.2, 0) is 33.3 Å². The van der Waals surface area contributed by atoms with E-state index in [1.54, 1.807) is 0 Å². The summed E-state index contributed by atoms with van der Waals surface area (Å²) in [5, 5.41) is 66.3. The zero-order valence-electron chi connectivity index (χ0n) is 22.2. The Morgan fingerprint density at radius 1 is 0.821 bits per heavy atom. The molecule has 0 aromatic carbocycles. The van der Waals surface area contributed by atoms with Crippen molar-refractivity contribution in [2.45, 2.75) is 107 Å². The summed E-state index contributed by atoms with van der Waals surface area (Å²) in [6.45, 7) is -0.399. The summed E-state index contributed by atoms with van der Waals surface area (Å²) in [4.78, 5) is 34.4. The first-order valence-corrected chi connectivity index (χ1v) is 13.1. The van der Waals surface area contributed by atoms with Gasteiger partial charge in [0.05, 0.1) is 19.3 Å². The molecule has 2 aliphatic heterocycles. The number of aliphatic hydroxyl groups is 6. The summed E-state index contributed by atoms with van der Waals surface area (Å²) in [6, 6.07) is -1.28. The topological polar surface area (TPSA) is 234 Å². The van der Waals surface area contributed by atoms with Crippen LogP contribution in [0.25, 0.3) is 0 Å². The van der Waals surface area contributed by atoms with Crippen LogP contribution < -0.4 is 10.6 Å². The fraction of sp³-hybridized carbons (Fsp3) is 0.875. The summed E-state index contributed by atoms with van der Waals surface area (Å²) in [5.41, 5.74) is 0. The van der Waals surface area contributed by atoms with Crippen molar-refractivity contribution in [3.8, 4) is 0 Å². The predicted molar refractivity (Wildman–Crippen MR) is 131 cm³/mol. The Morgan fingerprint density at radius 3 is 2.05 bits per heavy atom. The van der Waals surface area contributed by atoms with Crippen LogP contribution >= 0.6 is 0 Å². The second-order valence-electron chi connectivity index (χ2n) is 9.70. The number of carbonyl (C=O) groups excluding carboxylic acids is 3. The molecule has 10 atom stereocenters. The Bertz CT molecular complexity index is 787. The standard InChI is InChI=1S/C24H42N2O13/c1-12(29)26-18-22(35)19(32)14(9-27)38-24(18)39-23-20(33)13(37-15(10-28)21(23)34)7-5-3-4-6-8-17(31)36-11-16(30)25-2/h13-15,18-24,27-28,32-35H,3-11H2,1-2H3,(H,25,30)(H,26,29)/t13-,14?,15?,18?,19+,20?,21-,22?,23?,24-/m0/s1. The number of hydrogen-bond acceptors (Lipinski definition) is 13. The van der Waals surface area contributed by atoms with E-state index in [4.69, 9.17) is 18.9 Å². The molecule has 2 aliphatic rings. The number of esters is 1. The molecule has 0 bridgehead atoms. The van der Waals surface area contributed by atoms with E-state index in [9.17, 15) is 45.0 Å². The third kappa shape index (κ3) is 9.58. The van der Waals surface area contributed by atoms with Crippen molar-refractivity contribution in [3.63, 3.8) is 0 Å². The predicted octanol–water partition coefficient (Wildman–Crippen LogP) is -3.57. The SMILES string of the molecule is CNC(=O)COC(=O)CCCCCC[C@@H]1OC(CO)[C@H](O)C(O[C@@H]2OC(CO)[C@@H](O)C(O)C2NC(C)=O)C1O. The first kappa shape index (κ1) is 33.3. The third-order valence-electron chi connectivity index (χ3n) is 6.77. The average molecular weight is 567 g/mol. The molecule has 15 nitrogen and oxygen atoms in total. The van der Waals surface area contributed by atoms with Crippen LogP contribution in [0.1, 0.15) is 45.4 Å². The van der Waals surface area contributed by atoms with Gasteiger partial charge in [-0.05, 0) is 12.8 Å². The highest BCUT2D eigenvalue weighted by atomic mass is 16.7. The van der Waals surface area contributed by atoms with Crippen LogP contribution in [0, 0.1) is 0 Å². The first-order valence-electron chi connectivity index (χ1n) is 13.1. The molecule has 226 valence electrons. The van der Waals surface area contributed by atoms with Crippen molar-refractivity contribution >= 4 is 17.8 Å². The van der Waals surface area contributed by atoms with Crippen LogP contribution in [0.3, 0.4) is 0 Å². The number of carbonyl (C=O) groups is 3. The van der Waals surface area contributed by atoms with Crippen LogP contribution in [0.15, 0.2) is 0 Å². The van der Waals surface area contributed by atoms with E-state index in [1.807, 2.05) is 0 Å². The fourth-order valence-electron chi connectivity index (χ4n) is 4.56. The van der Waals surface area contributed by atoms with Gasteiger partial charge < -0.3 is 60.2 Å². The summed E-state index contributed by atoms with van der Waals surface area (Å²) in [6.07, 6.45) is -9.10. The molecule has 2 saturated heterocycles. The molecule has 2 fully saturated rings.